The summed E-state index contributed by atoms with van der Waals surface area (Å²) >= 11 is 4.04. The Balaban J connectivity index is 1.73. The molecule has 2 atom stereocenters. The lowest BCUT2D eigenvalue weighted by Gasteiger charge is -2.49. The van der Waals surface area contributed by atoms with Gasteiger partial charge in [-0.15, -0.1) is 23.1 Å². The number of carbonyl (C=O) groups excluding carboxylic acids is 4. The molecule has 0 saturated carbocycles. The highest BCUT2D eigenvalue weighted by Crippen LogP contribution is 2.41. The zero-order valence-corrected chi connectivity index (χ0v) is 22.8. The highest BCUT2D eigenvalue weighted by atomic mass is 32.2. The molecule has 2 aliphatic heterocycles. The topological polar surface area (TPSA) is 163 Å². The first-order valence-electron chi connectivity index (χ1n) is 10.6. The summed E-state index contributed by atoms with van der Waals surface area (Å²) in [6.45, 7) is 4.47. The quantitative estimate of drug-likeness (QED) is 0.147. The van der Waals surface area contributed by atoms with E-state index >= 15 is 0 Å². The number of anilines is 1. The summed E-state index contributed by atoms with van der Waals surface area (Å²) in [5, 5.41) is 7.65. The van der Waals surface area contributed by atoms with Crippen LogP contribution in [0.2, 0.25) is 0 Å². The van der Waals surface area contributed by atoms with Crippen LogP contribution in [0.5, 0.6) is 0 Å². The predicted molar refractivity (Wildman–Crippen MR) is 137 cm³/mol. The van der Waals surface area contributed by atoms with E-state index in [1.807, 2.05) is 6.26 Å². The molecule has 196 valence electrons. The molecule has 3 heterocycles. The van der Waals surface area contributed by atoms with Crippen LogP contribution in [-0.4, -0.2) is 82.4 Å². The van der Waals surface area contributed by atoms with Crippen LogP contribution in [0, 0.1) is 5.41 Å². The van der Waals surface area contributed by atoms with Crippen molar-refractivity contribution >= 4 is 69.5 Å². The van der Waals surface area contributed by atoms with Crippen LogP contribution < -0.4 is 11.1 Å². The largest absolute Gasteiger partial charge is 0.427 e. The SMILES string of the molecule is CO/N=C(\C(=O)N[C@@H]1C(=O)N2C(C(=O)OCOC(=O)C(C)(C)C)=C(CSC)CS[C@H]12)c1csc(N)n1. The Morgan fingerprint density at radius 2 is 2.06 bits per heavy atom. The lowest BCUT2D eigenvalue weighted by molar-refractivity contribution is -0.173. The fourth-order valence-corrected chi connectivity index (χ4v) is 5.89. The molecule has 0 bridgehead atoms. The van der Waals surface area contributed by atoms with Crippen LogP contribution in [0.3, 0.4) is 0 Å². The van der Waals surface area contributed by atoms with Gasteiger partial charge in [0.1, 0.15) is 29.9 Å². The minimum atomic E-state index is -0.905. The molecule has 0 aliphatic carbocycles. The molecule has 0 spiro atoms. The number of nitrogen functional groups attached to an aromatic ring is 1. The number of nitrogens with two attached hydrogens (primary N) is 1. The number of fused-ring (bicyclic) bond motifs is 1. The Kier molecular flexibility index (Phi) is 8.89. The molecular formula is C21H27N5O7S3. The molecule has 36 heavy (non-hydrogen) atoms. The van der Waals surface area contributed by atoms with Crippen LogP contribution in [-0.2, 0) is 33.5 Å². The summed E-state index contributed by atoms with van der Waals surface area (Å²) in [5.41, 5.74) is 5.81. The number of esters is 2. The Bertz CT molecular complexity index is 1110. The van der Waals surface area contributed by atoms with E-state index in [-0.39, 0.29) is 22.2 Å². The van der Waals surface area contributed by atoms with Crippen LogP contribution in [0.15, 0.2) is 21.8 Å². The maximum absolute atomic E-state index is 13.1. The number of rotatable bonds is 9. The second-order valence-corrected chi connectivity index (χ2v) is 11.5. The molecule has 3 rings (SSSR count). The third kappa shape index (κ3) is 5.95. The number of thioether (sulfide) groups is 2. The van der Waals surface area contributed by atoms with Gasteiger partial charge in [0.05, 0.1) is 5.41 Å². The number of thiazole rings is 1. The van der Waals surface area contributed by atoms with E-state index < -0.39 is 47.4 Å². The molecule has 0 unspecified atom stereocenters. The summed E-state index contributed by atoms with van der Waals surface area (Å²) in [4.78, 5) is 61.0. The smallest absolute Gasteiger partial charge is 0.357 e. The zero-order chi connectivity index (χ0) is 26.6. The molecule has 1 aromatic rings. The van der Waals surface area contributed by atoms with Crippen molar-refractivity contribution in [1.82, 2.24) is 15.2 Å². The number of aromatic nitrogens is 1. The molecule has 2 amide bonds. The van der Waals surface area contributed by atoms with Gasteiger partial charge in [0.25, 0.3) is 11.8 Å². The third-order valence-electron chi connectivity index (χ3n) is 5.00. The van der Waals surface area contributed by atoms with Gasteiger partial charge in [-0.3, -0.25) is 19.3 Å². The highest BCUT2D eigenvalue weighted by Gasteiger charge is 2.54. The molecular weight excluding hydrogens is 530 g/mol. The minimum absolute atomic E-state index is 0.105. The van der Waals surface area contributed by atoms with Crippen LogP contribution in [0.4, 0.5) is 5.13 Å². The van der Waals surface area contributed by atoms with Gasteiger partial charge < -0.3 is 25.4 Å². The Morgan fingerprint density at radius 1 is 1.33 bits per heavy atom. The van der Waals surface area contributed by atoms with Crippen molar-refractivity contribution in [3.05, 3.63) is 22.3 Å². The number of ether oxygens (including phenoxy) is 2. The molecule has 1 aromatic heterocycles. The second kappa shape index (κ2) is 11.5. The number of amides is 2. The van der Waals surface area contributed by atoms with E-state index in [9.17, 15) is 19.2 Å². The van der Waals surface area contributed by atoms with Crippen molar-refractivity contribution in [2.24, 2.45) is 10.6 Å². The number of β-lactam (4-membered cyclic amide) rings is 1. The maximum Gasteiger partial charge on any atom is 0.357 e. The predicted octanol–water partition coefficient (Wildman–Crippen LogP) is 1.18. The van der Waals surface area contributed by atoms with Crippen LogP contribution >= 0.6 is 34.9 Å². The minimum Gasteiger partial charge on any atom is -0.427 e. The Labute approximate surface area is 220 Å². The van der Waals surface area contributed by atoms with Crippen molar-refractivity contribution in [3.8, 4) is 0 Å². The average Bonchev–Trinajstić information content (AvgIpc) is 3.25. The van der Waals surface area contributed by atoms with Gasteiger partial charge in [-0.25, -0.2) is 9.78 Å². The molecule has 2 aliphatic rings. The van der Waals surface area contributed by atoms with E-state index in [0.717, 1.165) is 11.3 Å². The summed E-state index contributed by atoms with van der Waals surface area (Å²) in [5.74, 6) is -1.49. The number of hydrogen-bond acceptors (Lipinski definition) is 13. The summed E-state index contributed by atoms with van der Waals surface area (Å²) in [7, 11) is 1.28. The van der Waals surface area contributed by atoms with Crippen LogP contribution in [0.25, 0.3) is 0 Å². The first-order valence-corrected chi connectivity index (χ1v) is 13.9. The number of carbonyl (C=O) groups is 4. The number of oxime groups is 1. The molecule has 12 nitrogen and oxygen atoms in total. The summed E-state index contributed by atoms with van der Waals surface area (Å²) in [6, 6.07) is -0.905. The second-order valence-electron chi connectivity index (χ2n) is 8.67. The third-order valence-corrected chi connectivity index (χ3v) is 7.65. The Morgan fingerprint density at radius 3 is 2.64 bits per heavy atom. The molecule has 0 radical (unpaired) electrons. The molecule has 15 heteroatoms. The first kappa shape index (κ1) is 27.8. The number of nitrogens with zero attached hydrogens (tertiary/aromatic N) is 3. The lowest BCUT2D eigenvalue weighted by Crippen LogP contribution is -2.71. The van der Waals surface area contributed by atoms with E-state index in [2.05, 4.69) is 15.5 Å². The monoisotopic (exact) mass is 557 g/mol. The van der Waals surface area contributed by atoms with Crippen molar-refractivity contribution in [3.63, 3.8) is 0 Å². The summed E-state index contributed by atoms with van der Waals surface area (Å²) in [6.07, 6.45) is 1.88. The zero-order valence-electron chi connectivity index (χ0n) is 20.4. The van der Waals surface area contributed by atoms with Gasteiger partial charge in [-0.1, -0.05) is 5.16 Å². The fourth-order valence-electron chi connectivity index (χ4n) is 3.28. The first-order chi connectivity index (χ1) is 17.0. The van der Waals surface area contributed by atoms with Gasteiger partial charge in [-0.2, -0.15) is 11.8 Å². The van der Waals surface area contributed by atoms with Crippen molar-refractivity contribution in [1.29, 1.82) is 0 Å². The van der Waals surface area contributed by atoms with E-state index in [4.69, 9.17) is 20.0 Å². The maximum atomic E-state index is 13.1. The van der Waals surface area contributed by atoms with E-state index in [1.165, 1.54) is 35.5 Å². The molecule has 3 N–H and O–H groups in total. The molecule has 1 saturated heterocycles. The van der Waals surface area contributed by atoms with Crippen molar-refractivity contribution in [2.45, 2.75) is 32.2 Å². The highest BCUT2D eigenvalue weighted by molar-refractivity contribution is 8.00. The van der Waals surface area contributed by atoms with Crippen molar-refractivity contribution < 1.29 is 33.5 Å². The summed E-state index contributed by atoms with van der Waals surface area (Å²) < 4.78 is 10.2. The number of nitrogens with one attached hydrogen (secondary N) is 1. The number of hydrogen-bond donors (Lipinski definition) is 2. The van der Waals surface area contributed by atoms with Gasteiger partial charge >= 0.3 is 11.9 Å². The molecule has 0 aromatic carbocycles. The van der Waals surface area contributed by atoms with Gasteiger partial charge in [-0.05, 0) is 32.6 Å². The van der Waals surface area contributed by atoms with Gasteiger partial charge in [0.2, 0.25) is 6.79 Å². The fraction of sp³-hybridized carbons (Fsp3) is 0.524. The van der Waals surface area contributed by atoms with Crippen molar-refractivity contribution in [2.75, 3.05) is 37.4 Å². The van der Waals surface area contributed by atoms with Crippen LogP contribution in [0.1, 0.15) is 26.5 Å². The standard InChI is InChI=1S/C21H27N5O7S3/c1-21(2,3)19(30)33-9-32-18(29)14-10(6-34-5)7-35-17-13(16(28)26(14)17)24-15(27)12(25-31-4)11-8-36-20(22)23-11/h8,13,17H,6-7,9H2,1-5H3,(H2,22,23)(H,24,27)/b25-12-/t13-,17-/m1/s1. The van der Waals surface area contributed by atoms with Gasteiger partial charge in [0.15, 0.2) is 10.8 Å². The Hall–Kier alpha value is -2.78. The average molecular weight is 558 g/mol. The van der Waals surface area contributed by atoms with E-state index in [1.54, 1.807) is 26.2 Å². The molecule has 1 fully saturated rings. The van der Waals surface area contributed by atoms with E-state index in [0.29, 0.717) is 17.1 Å². The lowest BCUT2D eigenvalue weighted by atomic mass is 9.98. The normalized spacial score (nSPS) is 19.9. The van der Waals surface area contributed by atoms with Gasteiger partial charge in [0, 0.05) is 16.9 Å².